The van der Waals surface area contributed by atoms with Crippen LogP contribution in [0, 0.1) is 27.7 Å². The smallest absolute Gasteiger partial charge is 0.279 e. The molecule has 0 aliphatic carbocycles. The van der Waals surface area contributed by atoms with Gasteiger partial charge in [-0.25, -0.2) is 0 Å². The predicted molar refractivity (Wildman–Crippen MR) is 234 cm³/mol. The minimum Gasteiger partial charge on any atom is -0.321 e. The molecule has 306 valence electrons. The van der Waals surface area contributed by atoms with E-state index in [1.807, 2.05) is 0 Å². The second-order valence-corrected chi connectivity index (χ2v) is 17.4. The zero-order chi connectivity index (χ0) is 39.7. The summed E-state index contributed by atoms with van der Waals surface area (Å²) in [5.41, 5.74) is 6.48. The third-order valence-corrected chi connectivity index (χ3v) is 11.8. The molecular weight excluding hydrogens is 665 g/mol. The van der Waals surface area contributed by atoms with E-state index in [0.29, 0.717) is 13.1 Å². The van der Waals surface area contributed by atoms with E-state index in [0.717, 1.165) is 68.8 Å². The van der Waals surface area contributed by atoms with E-state index >= 15 is 0 Å². The van der Waals surface area contributed by atoms with Crippen LogP contribution in [-0.2, 0) is 9.59 Å². The number of carbonyl (C=O) groups is 2. The normalized spacial score (nSPS) is 13.7. The lowest BCUT2D eigenvalue weighted by Crippen LogP contribution is -2.50. The fourth-order valence-electron chi connectivity index (χ4n) is 8.21. The minimum atomic E-state index is 0.143. The molecule has 2 N–H and O–H groups in total. The molecule has 0 radical (unpaired) electrons. The maximum Gasteiger partial charge on any atom is 0.279 e. The summed E-state index contributed by atoms with van der Waals surface area (Å²) in [5, 5.41) is 6.53. The number of hydrogen-bond donors (Lipinski definition) is 2. The van der Waals surface area contributed by atoms with Crippen LogP contribution in [0.3, 0.4) is 0 Å². The Bertz CT molecular complexity index is 1200. The summed E-state index contributed by atoms with van der Waals surface area (Å²) in [7, 11) is 4.62. The molecule has 0 aromatic heterocycles. The van der Waals surface area contributed by atoms with Crippen LogP contribution in [0.1, 0.15) is 165 Å². The minimum absolute atomic E-state index is 0.143. The Hall–Kier alpha value is -2.70. The third-order valence-electron chi connectivity index (χ3n) is 11.8. The van der Waals surface area contributed by atoms with Gasteiger partial charge in [0.05, 0.1) is 40.3 Å². The number of anilines is 2. The van der Waals surface area contributed by atoms with Gasteiger partial charge in [0.25, 0.3) is 11.8 Å². The van der Waals surface area contributed by atoms with Crippen molar-refractivity contribution in [2.24, 2.45) is 0 Å². The van der Waals surface area contributed by atoms with Crippen molar-refractivity contribution in [2.45, 2.75) is 170 Å². The number of likely N-dealkylation sites (N-methyl/N-ethyl adjacent to an activating group) is 2. The van der Waals surface area contributed by atoms with Crippen molar-refractivity contribution < 1.29 is 18.6 Å². The fraction of sp³-hybridized carbons (Fsp3) is 0.708. The maximum atomic E-state index is 13.3. The fourth-order valence-corrected chi connectivity index (χ4v) is 8.21. The van der Waals surface area contributed by atoms with E-state index in [-0.39, 0.29) is 11.8 Å². The summed E-state index contributed by atoms with van der Waals surface area (Å²) in [6.07, 6.45) is 25.4. The number of nitrogens with zero attached hydrogens (tertiary/aromatic N) is 2. The number of nitrogens with one attached hydrogen (secondary N) is 2. The van der Waals surface area contributed by atoms with Crippen molar-refractivity contribution in [3.63, 3.8) is 0 Å². The summed E-state index contributed by atoms with van der Waals surface area (Å²) in [4.78, 5) is 26.7. The van der Waals surface area contributed by atoms with Crippen molar-refractivity contribution in [3.05, 3.63) is 58.7 Å². The van der Waals surface area contributed by atoms with E-state index in [1.165, 1.54) is 128 Å². The Balaban J connectivity index is 1.78. The van der Waals surface area contributed by atoms with Crippen LogP contribution in [0.2, 0.25) is 0 Å². The van der Waals surface area contributed by atoms with Crippen molar-refractivity contribution in [1.29, 1.82) is 0 Å². The first-order valence-electron chi connectivity index (χ1n) is 22.3. The Labute approximate surface area is 333 Å². The molecule has 54 heavy (non-hydrogen) atoms. The van der Waals surface area contributed by atoms with E-state index in [4.69, 9.17) is 0 Å². The second kappa shape index (κ2) is 27.0. The zero-order valence-corrected chi connectivity index (χ0v) is 36.6. The number of amides is 2. The Morgan fingerprint density at radius 3 is 0.926 bits per heavy atom. The lowest BCUT2D eigenvalue weighted by molar-refractivity contribution is -0.902. The molecule has 2 rings (SSSR count). The van der Waals surface area contributed by atoms with Crippen LogP contribution >= 0.6 is 0 Å². The first-order chi connectivity index (χ1) is 25.9. The highest BCUT2D eigenvalue weighted by Gasteiger charge is 2.27. The monoisotopic (exact) mass is 749 g/mol. The van der Waals surface area contributed by atoms with Gasteiger partial charge in [0.1, 0.15) is 0 Å². The van der Waals surface area contributed by atoms with Crippen LogP contribution < -0.4 is 10.6 Å². The standard InChI is InChI=1S/C48H82N4O2/c1-9-11-13-15-21-25-35-51(7,39-45(53)49-47-41(3)31-29-32-42(47)4)37-27-23-19-17-18-20-24-28-38-52(8,36-26-22-16-14-12-10-2)40-46(54)50-48-43(5)33-30-34-44(48)6/h29-34H,9-28,35-40H2,1-8H3/p+2. The summed E-state index contributed by atoms with van der Waals surface area (Å²) >= 11 is 0. The van der Waals surface area contributed by atoms with Gasteiger partial charge in [0, 0.05) is 11.4 Å². The summed E-state index contributed by atoms with van der Waals surface area (Å²) in [6, 6.07) is 12.4. The van der Waals surface area contributed by atoms with Crippen LogP contribution in [-0.4, -0.2) is 74.1 Å². The Kier molecular flexibility index (Phi) is 23.7. The molecule has 6 heteroatoms. The van der Waals surface area contributed by atoms with Crippen molar-refractivity contribution in [3.8, 4) is 0 Å². The van der Waals surface area contributed by atoms with E-state index in [1.54, 1.807) is 0 Å². The van der Waals surface area contributed by atoms with Gasteiger partial charge in [-0.3, -0.25) is 9.59 Å². The summed E-state index contributed by atoms with van der Waals surface area (Å²) < 4.78 is 1.67. The van der Waals surface area contributed by atoms with Gasteiger partial charge in [-0.2, -0.15) is 0 Å². The van der Waals surface area contributed by atoms with Gasteiger partial charge in [-0.15, -0.1) is 0 Å². The summed E-state index contributed by atoms with van der Waals surface area (Å²) in [6.45, 7) is 18.3. The van der Waals surface area contributed by atoms with Gasteiger partial charge in [0.2, 0.25) is 0 Å². The number of aryl methyl sites for hydroxylation is 4. The van der Waals surface area contributed by atoms with E-state index in [9.17, 15) is 9.59 Å². The van der Waals surface area contributed by atoms with Crippen molar-refractivity contribution in [1.82, 2.24) is 0 Å². The van der Waals surface area contributed by atoms with Crippen LogP contribution in [0.15, 0.2) is 36.4 Å². The highest BCUT2D eigenvalue weighted by Crippen LogP contribution is 2.22. The molecule has 2 aromatic carbocycles. The van der Waals surface area contributed by atoms with Gasteiger partial charge >= 0.3 is 0 Å². The van der Waals surface area contributed by atoms with Gasteiger partial charge < -0.3 is 19.6 Å². The molecule has 2 aromatic rings. The first-order valence-corrected chi connectivity index (χ1v) is 22.3. The topological polar surface area (TPSA) is 58.2 Å². The van der Waals surface area contributed by atoms with Crippen LogP contribution in [0.4, 0.5) is 11.4 Å². The third kappa shape index (κ3) is 19.8. The largest absolute Gasteiger partial charge is 0.321 e. The Morgan fingerprint density at radius 1 is 0.426 bits per heavy atom. The molecule has 0 aliphatic heterocycles. The average molecular weight is 749 g/mol. The molecule has 0 aliphatic rings. The number of unbranched alkanes of at least 4 members (excludes halogenated alkanes) is 17. The second-order valence-electron chi connectivity index (χ2n) is 17.4. The molecule has 0 saturated heterocycles. The SMILES string of the molecule is CCCCCCCC[N+](C)(CCCCCCCCCC[N+](C)(CCCCCCCC)CC(=O)Nc1c(C)cccc1C)CC(=O)Nc1c(C)cccc1C. The molecule has 0 fully saturated rings. The number of para-hydroxylation sites is 2. The quantitative estimate of drug-likeness (QED) is 0.0596. The lowest BCUT2D eigenvalue weighted by atomic mass is 10.1. The number of hydrogen-bond acceptors (Lipinski definition) is 2. The van der Waals surface area contributed by atoms with Crippen LogP contribution in [0.5, 0.6) is 0 Å². The molecule has 2 atom stereocenters. The lowest BCUT2D eigenvalue weighted by Gasteiger charge is -2.34. The Morgan fingerprint density at radius 2 is 0.667 bits per heavy atom. The predicted octanol–water partition coefficient (Wildman–Crippen LogP) is 12.2. The number of quaternary nitrogens is 2. The van der Waals surface area contributed by atoms with Gasteiger partial charge in [-0.1, -0.05) is 127 Å². The molecule has 0 saturated carbocycles. The highest BCUT2D eigenvalue weighted by molar-refractivity contribution is 5.93. The average Bonchev–Trinajstić information content (AvgIpc) is 3.12. The molecule has 2 amide bonds. The number of carbonyl (C=O) groups excluding carboxylic acids is 2. The highest BCUT2D eigenvalue weighted by atomic mass is 16.2. The van der Waals surface area contributed by atoms with E-state index < -0.39 is 0 Å². The first kappa shape index (κ1) is 47.5. The zero-order valence-electron chi connectivity index (χ0n) is 36.6. The molecule has 0 bridgehead atoms. The van der Waals surface area contributed by atoms with Crippen LogP contribution in [0.25, 0.3) is 0 Å². The van der Waals surface area contributed by atoms with Crippen molar-refractivity contribution in [2.75, 3.05) is 64.0 Å². The molecule has 0 spiro atoms. The molecular formula is C48H84N4O2+2. The summed E-state index contributed by atoms with van der Waals surface area (Å²) in [5.74, 6) is 0.286. The molecule has 2 unspecified atom stereocenters. The van der Waals surface area contributed by atoms with Crippen molar-refractivity contribution >= 4 is 23.2 Å². The van der Waals surface area contributed by atoms with Gasteiger partial charge in [-0.05, 0) is 101 Å². The number of benzene rings is 2. The molecule has 6 nitrogen and oxygen atoms in total. The number of rotatable bonds is 31. The molecule has 0 heterocycles. The maximum absolute atomic E-state index is 13.3. The van der Waals surface area contributed by atoms with Gasteiger partial charge in [0.15, 0.2) is 13.1 Å². The van der Waals surface area contributed by atoms with E-state index in [2.05, 4.69) is 103 Å².